The average Bonchev–Trinajstić information content (AvgIpc) is 3.31. The molecule has 0 bridgehead atoms. The lowest BCUT2D eigenvalue weighted by atomic mass is 9.86. The van der Waals surface area contributed by atoms with Crippen LogP contribution in [0, 0.1) is 6.92 Å². The van der Waals surface area contributed by atoms with E-state index < -0.39 is 9.84 Å². The van der Waals surface area contributed by atoms with E-state index in [2.05, 4.69) is 65.6 Å². The maximum Gasteiger partial charge on any atom is 0.210 e. The fourth-order valence-corrected chi connectivity index (χ4v) is 7.93. The van der Waals surface area contributed by atoms with Crippen molar-refractivity contribution in [2.45, 2.75) is 16.7 Å². The van der Waals surface area contributed by atoms with Gasteiger partial charge in [-0.15, -0.1) is 0 Å². The van der Waals surface area contributed by atoms with Gasteiger partial charge in [0.25, 0.3) is 0 Å². The standard InChI is InChI=1S/C34H22N2O2S/c1-21-35-28-16-9-17-30-34(28)36(21)29-19-18-23(20-31(29)39(30,37)38)33-26-14-7-5-12-24(26)32(22-10-3-2-4-11-22)25-13-6-8-15-27(25)33/h2-20H,1H3. The third-order valence-corrected chi connectivity index (χ3v) is 9.68. The summed E-state index contributed by atoms with van der Waals surface area (Å²) in [5, 5.41) is 4.44. The molecule has 0 radical (unpaired) electrons. The highest BCUT2D eigenvalue weighted by molar-refractivity contribution is 7.92. The third-order valence-electron chi connectivity index (χ3n) is 7.87. The van der Waals surface area contributed by atoms with Crippen LogP contribution in [0.4, 0.5) is 0 Å². The zero-order chi connectivity index (χ0) is 26.3. The van der Waals surface area contributed by atoms with Crippen molar-refractivity contribution in [1.82, 2.24) is 9.55 Å². The van der Waals surface area contributed by atoms with Gasteiger partial charge in [0.1, 0.15) is 5.82 Å². The number of benzene rings is 6. The molecule has 4 nitrogen and oxygen atoms in total. The molecule has 5 heteroatoms. The van der Waals surface area contributed by atoms with Gasteiger partial charge in [0.2, 0.25) is 9.84 Å². The van der Waals surface area contributed by atoms with Crippen LogP contribution in [0.25, 0.3) is 60.5 Å². The van der Waals surface area contributed by atoms with Gasteiger partial charge < -0.3 is 0 Å². The van der Waals surface area contributed by atoms with Gasteiger partial charge in [0.15, 0.2) is 0 Å². The molecule has 39 heavy (non-hydrogen) atoms. The molecule has 0 unspecified atom stereocenters. The quantitative estimate of drug-likeness (QED) is 0.215. The monoisotopic (exact) mass is 522 g/mol. The minimum Gasteiger partial charge on any atom is -0.294 e. The van der Waals surface area contributed by atoms with Crippen LogP contribution in [0.5, 0.6) is 0 Å². The number of aromatic nitrogens is 2. The van der Waals surface area contributed by atoms with Gasteiger partial charge in [-0.2, -0.15) is 0 Å². The van der Waals surface area contributed by atoms with Crippen LogP contribution < -0.4 is 0 Å². The van der Waals surface area contributed by atoms with Gasteiger partial charge in [-0.1, -0.05) is 91.0 Å². The highest BCUT2D eigenvalue weighted by Crippen LogP contribution is 2.46. The van der Waals surface area contributed by atoms with Gasteiger partial charge in [0, 0.05) is 0 Å². The zero-order valence-corrected chi connectivity index (χ0v) is 21.9. The molecule has 186 valence electrons. The number of rotatable bonds is 2. The smallest absolute Gasteiger partial charge is 0.210 e. The molecule has 0 atom stereocenters. The second-order valence-electron chi connectivity index (χ2n) is 10.0. The first-order valence-electron chi connectivity index (χ1n) is 12.9. The first kappa shape index (κ1) is 22.3. The molecule has 0 amide bonds. The van der Waals surface area contributed by atoms with Crippen LogP contribution >= 0.6 is 0 Å². The van der Waals surface area contributed by atoms with Gasteiger partial charge in [-0.25, -0.2) is 13.4 Å². The molecule has 6 aromatic carbocycles. The van der Waals surface area contributed by atoms with Crippen LogP contribution in [0.15, 0.2) is 125 Å². The summed E-state index contributed by atoms with van der Waals surface area (Å²) in [5.41, 5.74) is 6.23. The summed E-state index contributed by atoms with van der Waals surface area (Å²) in [4.78, 5) is 5.26. The molecule has 0 aliphatic carbocycles. The summed E-state index contributed by atoms with van der Waals surface area (Å²) < 4.78 is 30.0. The predicted molar refractivity (Wildman–Crippen MR) is 157 cm³/mol. The molecule has 0 spiro atoms. The third kappa shape index (κ3) is 2.99. The Morgan fingerprint density at radius 2 is 1.18 bits per heavy atom. The molecule has 0 saturated heterocycles. The molecule has 7 aromatic rings. The highest BCUT2D eigenvalue weighted by atomic mass is 32.2. The van der Waals surface area contributed by atoms with Gasteiger partial charge >= 0.3 is 0 Å². The maximum absolute atomic E-state index is 14.0. The Morgan fingerprint density at radius 1 is 0.590 bits per heavy atom. The molecule has 0 N–H and O–H groups in total. The summed E-state index contributed by atoms with van der Waals surface area (Å²) in [6.45, 7) is 1.92. The Hall–Kier alpha value is -4.74. The Morgan fingerprint density at radius 3 is 1.82 bits per heavy atom. The number of aryl methyl sites for hydroxylation is 1. The first-order valence-corrected chi connectivity index (χ1v) is 14.4. The molecule has 0 fully saturated rings. The lowest BCUT2D eigenvalue weighted by Crippen LogP contribution is -2.15. The Labute approximate surface area is 225 Å². The number of para-hydroxylation sites is 1. The minimum absolute atomic E-state index is 0.305. The van der Waals surface area contributed by atoms with E-state index in [1.807, 2.05) is 54.0 Å². The summed E-state index contributed by atoms with van der Waals surface area (Å²) in [6.07, 6.45) is 0. The normalized spacial score (nSPS) is 13.7. The molecule has 1 aromatic heterocycles. The molecule has 8 rings (SSSR count). The predicted octanol–water partition coefficient (Wildman–Crippen LogP) is 8.12. The van der Waals surface area contributed by atoms with Crippen LogP contribution in [-0.2, 0) is 9.84 Å². The van der Waals surface area contributed by atoms with Crippen molar-refractivity contribution in [3.05, 3.63) is 121 Å². The van der Waals surface area contributed by atoms with Crippen molar-refractivity contribution >= 4 is 42.4 Å². The Kier molecular flexibility index (Phi) is 4.50. The summed E-state index contributed by atoms with van der Waals surface area (Å²) in [7, 11) is -3.74. The van der Waals surface area contributed by atoms with E-state index in [-0.39, 0.29) is 0 Å². The van der Waals surface area contributed by atoms with E-state index in [4.69, 9.17) is 0 Å². The second kappa shape index (κ2) is 7.88. The fourth-order valence-electron chi connectivity index (χ4n) is 6.27. The van der Waals surface area contributed by atoms with Crippen molar-refractivity contribution in [3.63, 3.8) is 0 Å². The molecule has 0 saturated carbocycles. The van der Waals surface area contributed by atoms with E-state index >= 15 is 0 Å². The number of hydrogen-bond acceptors (Lipinski definition) is 3. The van der Waals surface area contributed by atoms with Crippen molar-refractivity contribution in [2.24, 2.45) is 0 Å². The lowest BCUT2D eigenvalue weighted by molar-refractivity contribution is 0.594. The first-order chi connectivity index (χ1) is 19.0. The largest absolute Gasteiger partial charge is 0.294 e. The van der Waals surface area contributed by atoms with Crippen LogP contribution in [-0.4, -0.2) is 18.0 Å². The van der Waals surface area contributed by atoms with Gasteiger partial charge in [-0.05, 0) is 75.0 Å². The number of nitrogens with zero attached hydrogens (tertiary/aromatic N) is 2. The number of sulfone groups is 1. The number of fused-ring (bicyclic) bond motifs is 4. The lowest BCUT2D eigenvalue weighted by Gasteiger charge is -2.22. The van der Waals surface area contributed by atoms with Crippen LogP contribution in [0.3, 0.4) is 0 Å². The zero-order valence-electron chi connectivity index (χ0n) is 21.1. The highest BCUT2D eigenvalue weighted by Gasteiger charge is 2.33. The van der Waals surface area contributed by atoms with Crippen LogP contribution in [0.2, 0.25) is 0 Å². The molecule has 1 aliphatic heterocycles. The van der Waals surface area contributed by atoms with E-state index in [9.17, 15) is 8.42 Å². The number of hydrogen-bond donors (Lipinski definition) is 0. The fraction of sp³-hybridized carbons (Fsp3) is 0.0294. The van der Waals surface area contributed by atoms with Crippen LogP contribution in [0.1, 0.15) is 5.82 Å². The van der Waals surface area contributed by atoms with Crippen molar-refractivity contribution in [1.29, 1.82) is 0 Å². The summed E-state index contributed by atoms with van der Waals surface area (Å²) >= 11 is 0. The average molecular weight is 523 g/mol. The Bertz CT molecular complexity index is 2190. The SMILES string of the molecule is Cc1nc2cccc3c2n1-c1ccc(-c2c4ccccc4c(-c4ccccc4)c4ccccc24)cc1S3(=O)=O. The summed E-state index contributed by atoms with van der Waals surface area (Å²) in [6, 6.07) is 38.4. The molecule has 1 aliphatic rings. The Balaban J connectivity index is 1.49. The van der Waals surface area contributed by atoms with Gasteiger partial charge in [0.05, 0.1) is 26.5 Å². The van der Waals surface area contributed by atoms with E-state index in [0.717, 1.165) is 44.1 Å². The van der Waals surface area contributed by atoms with Gasteiger partial charge in [-0.3, -0.25) is 4.57 Å². The van der Waals surface area contributed by atoms with Crippen molar-refractivity contribution in [2.75, 3.05) is 0 Å². The number of imidazole rings is 1. The molecular weight excluding hydrogens is 500 g/mol. The molecular formula is C34H22N2O2S. The van der Waals surface area contributed by atoms with Crippen molar-refractivity contribution < 1.29 is 8.42 Å². The van der Waals surface area contributed by atoms with E-state index in [1.54, 1.807) is 12.1 Å². The van der Waals surface area contributed by atoms with E-state index in [1.165, 1.54) is 5.56 Å². The minimum atomic E-state index is -3.74. The topological polar surface area (TPSA) is 52.0 Å². The maximum atomic E-state index is 14.0. The molecule has 2 heterocycles. The van der Waals surface area contributed by atoms with E-state index in [0.29, 0.717) is 26.5 Å². The summed E-state index contributed by atoms with van der Waals surface area (Å²) in [5.74, 6) is 0.768. The second-order valence-corrected chi connectivity index (χ2v) is 11.9. The van der Waals surface area contributed by atoms with Crippen molar-refractivity contribution in [3.8, 4) is 27.9 Å².